The van der Waals surface area contributed by atoms with Crippen LogP contribution in [0.25, 0.3) is 0 Å². The van der Waals surface area contributed by atoms with E-state index in [0.29, 0.717) is 0 Å². The molecule has 110 valence electrons. The van der Waals surface area contributed by atoms with E-state index >= 15 is 0 Å². The molecule has 21 heavy (non-hydrogen) atoms. The fourth-order valence-electron chi connectivity index (χ4n) is 2.02. The lowest BCUT2D eigenvalue weighted by Gasteiger charge is -2.27. The number of carbonyl (C=O) groups excluding carboxylic acids is 1. The van der Waals surface area contributed by atoms with Gasteiger partial charge in [0.25, 0.3) is 0 Å². The van der Waals surface area contributed by atoms with E-state index in [1.807, 2.05) is 68.4 Å². The number of rotatable bonds is 4. The Balaban J connectivity index is 2.12. The fourth-order valence-corrected chi connectivity index (χ4v) is 2.67. The molecule has 0 spiro atoms. The molecular weight excluding hydrogens is 377 g/mol. The number of para-hydroxylation sites is 1. The largest absolute Gasteiger partial charge is 0.444 e. The smallest absolute Gasteiger partial charge is 0.414 e. The van der Waals surface area contributed by atoms with Crippen molar-refractivity contribution in [3.63, 3.8) is 0 Å². The first kappa shape index (κ1) is 15.8. The summed E-state index contributed by atoms with van der Waals surface area (Å²) in [5.41, 5.74) is 1.86. The monoisotopic (exact) mass is 395 g/mol. The molecule has 0 aliphatic heterocycles. The van der Waals surface area contributed by atoms with Gasteiger partial charge < -0.3 is 4.74 Å². The zero-order valence-corrected chi connectivity index (χ0v) is 14.3. The van der Waals surface area contributed by atoms with E-state index in [4.69, 9.17) is 4.74 Å². The second-order valence-electron chi connectivity index (χ2n) is 4.96. The summed E-state index contributed by atoms with van der Waals surface area (Å²) in [5.74, 6) is 0. The van der Waals surface area contributed by atoms with Crippen LogP contribution in [0.15, 0.2) is 54.6 Å². The van der Waals surface area contributed by atoms with Gasteiger partial charge in [0.1, 0.15) is 6.61 Å². The van der Waals surface area contributed by atoms with Crippen LogP contribution in [0.2, 0.25) is 0 Å². The number of anilines is 1. The summed E-state index contributed by atoms with van der Waals surface area (Å²) in [6, 6.07) is 17.5. The molecule has 0 heterocycles. The van der Waals surface area contributed by atoms with Crippen molar-refractivity contribution in [1.29, 1.82) is 0 Å². The summed E-state index contributed by atoms with van der Waals surface area (Å²) in [5, 5.41) is 0. The van der Waals surface area contributed by atoms with Gasteiger partial charge in [-0.05, 0) is 54.1 Å². The third-order valence-corrected chi connectivity index (χ3v) is 3.94. The van der Waals surface area contributed by atoms with Gasteiger partial charge in [0.2, 0.25) is 0 Å². The number of ether oxygens (including phenoxy) is 1. The van der Waals surface area contributed by atoms with Gasteiger partial charge in [0.05, 0.1) is 5.69 Å². The highest BCUT2D eigenvalue weighted by atomic mass is 127. The predicted octanol–water partition coefficient (Wildman–Crippen LogP) is 4.84. The van der Waals surface area contributed by atoms with E-state index < -0.39 is 0 Å². The molecule has 2 rings (SSSR count). The number of hydrogen-bond acceptors (Lipinski definition) is 2. The van der Waals surface area contributed by atoms with E-state index in [2.05, 4.69) is 22.6 Å². The molecule has 4 heteroatoms. The Bertz CT molecular complexity index is 599. The first-order valence-electron chi connectivity index (χ1n) is 6.84. The van der Waals surface area contributed by atoms with Crippen molar-refractivity contribution in [2.75, 3.05) is 4.90 Å². The molecule has 0 radical (unpaired) electrons. The van der Waals surface area contributed by atoms with Gasteiger partial charge in [0.15, 0.2) is 0 Å². The summed E-state index contributed by atoms with van der Waals surface area (Å²) in [6.45, 7) is 4.24. The van der Waals surface area contributed by atoms with Crippen molar-refractivity contribution in [1.82, 2.24) is 0 Å². The van der Waals surface area contributed by atoms with Gasteiger partial charge in [0, 0.05) is 9.61 Å². The highest BCUT2D eigenvalue weighted by molar-refractivity contribution is 14.1. The summed E-state index contributed by atoms with van der Waals surface area (Å²) in [7, 11) is 0. The van der Waals surface area contributed by atoms with Crippen LogP contribution in [0.5, 0.6) is 0 Å². The van der Waals surface area contributed by atoms with Crippen molar-refractivity contribution in [3.8, 4) is 0 Å². The number of carbonyl (C=O) groups is 1. The summed E-state index contributed by atoms with van der Waals surface area (Å²) in [6.07, 6.45) is -0.321. The minimum absolute atomic E-state index is 0.0317. The number of nitrogens with zero attached hydrogens (tertiary/aromatic N) is 1. The first-order chi connectivity index (χ1) is 10.1. The van der Waals surface area contributed by atoms with Gasteiger partial charge in [-0.3, -0.25) is 4.90 Å². The maximum atomic E-state index is 12.4. The Hall–Kier alpha value is -1.56. The van der Waals surface area contributed by atoms with Crippen molar-refractivity contribution in [2.45, 2.75) is 26.5 Å². The molecule has 0 fully saturated rings. The Labute approximate surface area is 139 Å². The molecular formula is C17H18INO2. The molecule has 0 bridgehead atoms. The molecule has 3 nitrogen and oxygen atoms in total. The van der Waals surface area contributed by atoms with Crippen molar-refractivity contribution < 1.29 is 9.53 Å². The van der Waals surface area contributed by atoms with Crippen LogP contribution >= 0.6 is 22.6 Å². The van der Waals surface area contributed by atoms with Gasteiger partial charge in [-0.15, -0.1) is 0 Å². The number of hydrogen-bond donors (Lipinski definition) is 0. The van der Waals surface area contributed by atoms with Gasteiger partial charge in [-0.2, -0.15) is 0 Å². The molecule has 0 aliphatic carbocycles. The number of amides is 1. The normalized spacial score (nSPS) is 10.5. The molecule has 0 atom stereocenters. The van der Waals surface area contributed by atoms with Crippen LogP contribution < -0.4 is 4.90 Å². The fraction of sp³-hybridized carbons (Fsp3) is 0.235. The molecule has 0 unspecified atom stereocenters. The molecule has 0 saturated carbocycles. The van der Waals surface area contributed by atoms with E-state index in [9.17, 15) is 4.79 Å². The Morgan fingerprint density at radius 1 is 1.10 bits per heavy atom. The quantitative estimate of drug-likeness (QED) is 0.694. The molecule has 2 aromatic carbocycles. The van der Waals surface area contributed by atoms with Crippen LogP contribution in [0.4, 0.5) is 10.5 Å². The van der Waals surface area contributed by atoms with E-state index in [0.717, 1.165) is 14.8 Å². The lowest BCUT2D eigenvalue weighted by molar-refractivity contribution is 0.145. The highest BCUT2D eigenvalue weighted by Gasteiger charge is 2.22. The number of benzene rings is 2. The third-order valence-electron chi connectivity index (χ3n) is 3.03. The minimum Gasteiger partial charge on any atom is -0.444 e. The highest BCUT2D eigenvalue weighted by Crippen LogP contribution is 2.25. The molecule has 0 saturated heterocycles. The third kappa shape index (κ3) is 4.20. The van der Waals surface area contributed by atoms with E-state index in [-0.39, 0.29) is 18.7 Å². The lowest BCUT2D eigenvalue weighted by Crippen LogP contribution is -2.37. The van der Waals surface area contributed by atoms with Crippen LogP contribution in [-0.2, 0) is 11.3 Å². The van der Waals surface area contributed by atoms with Crippen LogP contribution in [0.3, 0.4) is 0 Å². The zero-order chi connectivity index (χ0) is 15.2. The lowest BCUT2D eigenvalue weighted by atomic mass is 10.2. The Morgan fingerprint density at radius 2 is 1.71 bits per heavy atom. The summed E-state index contributed by atoms with van der Waals surface area (Å²) < 4.78 is 6.47. The topological polar surface area (TPSA) is 29.5 Å². The molecule has 0 aliphatic rings. The van der Waals surface area contributed by atoms with Crippen molar-refractivity contribution >= 4 is 34.4 Å². The SMILES string of the molecule is CC(C)N(C(=O)OCc1ccccc1)c1ccccc1I. The van der Waals surface area contributed by atoms with Gasteiger partial charge in [-0.25, -0.2) is 4.79 Å². The second-order valence-corrected chi connectivity index (χ2v) is 6.12. The predicted molar refractivity (Wildman–Crippen MR) is 93.4 cm³/mol. The van der Waals surface area contributed by atoms with Crippen molar-refractivity contribution in [2.24, 2.45) is 0 Å². The Kier molecular flexibility index (Phi) is 5.61. The number of halogens is 1. The average molecular weight is 395 g/mol. The molecule has 2 aromatic rings. The van der Waals surface area contributed by atoms with Gasteiger partial charge >= 0.3 is 6.09 Å². The van der Waals surface area contributed by atoms with Crippen LogP contribution in [-0.4, -0.2) is 12.1 Å². The molecule has 0 N–H and O–H groups in total. The zero-order valence-electron chi connectivity index (χ0n) is 12.1. The van der Waals surface area contributed by atoms with Crippen molar-refractivity contribution in [3.05, 3.63) is 63.7 Å². The summed E-state index contributed by atoms with van der Waals surface area (Å²) >= 11 is 2.23. The van der Waals surface area contributed by atoms with E-state index in [1.54, 1.807) is 4.90 Å². The minimum atomic E-state index is -0.321. The standard InChI is InChI=1S/C17H18INO2/c1-13(2)19(16-11-7-6-10-15(16)18)17(20)21-12-14-8-4-3-5-9-14/h3-11,13H,12H2,1-2H3. The molecule has 1 amide bonds. The van der Waals surface area contributed by atoms with E-state index in [1.165, 1.54) is 0 Å². The average Bonchev–Trinajstić information content (AvgIpc) is 2.48. The molecule has 0 aromatic heterocycles. The van der Waals surface area contributed by atoms with Gasteiger partial charge in [-0.1, -0.05) is 42.5 Å². The first-order valence-corrected chi connectivity index (χ1v) is 7.92. The second kappa shape index (κ2) is 7.45. The summed E-state index contributed by atoms with van der Waals surface area (Å²) in [4.78, 5) is 14.1. The maximum Gasteiger partial charge on any atom is 0.414 e. The van der Waals surface area contributed by atoms with Crippen LogP contribution in [0.1, 0.15) is 19.4 Å². The maximum absolute atomic E-state index is 12.4. The Morgan fingerprint density at radius 3 is 2.33 bits per heavy atom. The van der Waals surface area contributed by atoms with Crippen LogP contribution in [0, 0.1) is 3.57 Å².